The number of likely N-dealkylation sites (tertiary alicyclic amines) is 1. The number of hydrogen-bond donors (Lipinski definition) is 1. The van der Waals surface area contributed by atoms with Crippen molar-refractivity contribution in [3.63, 3.8) is 0 Å². The van der Waals surface area contributed by atoms with Gasteiger partial charge >= 0.3 is 0 Å². The summed E-state index contributed by atoms with van der Waals surface area (Å²) in [5.41, 5.74) is 0.531. The summed E-state index contributed by atoms with van der Waals surface area (Å²) in [5, 5.41) is 10.9. The number of aliphatic hydroxyl groups excluding tert-OH is 1. The lowest BCUT2D eigenvalue weighted by Gasteiger charge is -2.26. The summed E-state index contributed by atoms with van der Waals surface area (Å²) in [4.78, 5) is 29.2. The summed E-state index contributed by atoms with van der Waals surface area (Å²) >= 11 is 3.35. The maximum Gasteiger partial charge on any atom is 0.295 e. The first kappa shape index (κ1) is 20.4. The van der Waals surface area contributed by atoms with Gasteiger partial charge in [0.15, 0.2) is 0 Å². The predicted octanol–water partition coefficient (Wildman–Crippen LogP) is 3.81. The van der Waals surface area contributed by atoms with E-state index in [1.165, 1.54) is 11.2 Å². The summed E-state index contributed by atoms with van der Waals surface area (Å²) in [6.45, 7) is 6.81. The van der Waals surface area contributed by atoms with E-state index < -0.39 is 17.7 Å². The summed E-state index contributed by atoms with van der Waals surface area (Å²) < 4.78 is 6.38. The van der Waals surface area contributed by atoms with Gasteiger partial charge in [0, 0.05) is 23.1 Å². The van der Waals surface area contributed by atoms with E-state index in [-0.39, 0.29) is 11.3 Å². The van der Waals surface area contributed by atoms with Crippen molar-refractivity contribution in [1.82, 2.24) is 9.80 Å². The largest absolute Gasteiger partial charge is 0.507 e. The van der Waals surface area contributed by atoms with Crippen LogP contribution in [0.25, 0.3) is 5.76 Å². The van der Waals surface area contributed by atoms with Gasteiger partial charge in [-0.1, -0.05) is 41.9 Å². The highest BCUT2D eigenvalue weighted by Crippen LogP contribution is 2.39. The highest BCUT2D eigenvalue weighted by Gasteiger charge is 2.47. The number of furan rings is 1. The third-order valence-electron chi connectivity index (χ3n) is 5.02. The van der Waals surface area contributed by atoms with Crippen LogP contribution >= 0.6 is 15.9 Å². The summed E-state index contributed by atoms with van der Waals surface area (Å²) in [5.74, 6) is -1.05. The van der Waals surface area contributed by atoms with Crippen LogP contribution in [0.15, 0.2) is 57.1 Å². The molecule has 3 rings (SSSR count). The van der Waals surface area contributed by atoms with Crippen LogP contribution < -0.4 is 0 Å². The number of halogens is 1. The lowest BCUT2D eigenvalue weighted by atomic mass is 9.99. The molecule has 0 saturated carbocycles. The van der Waals surface area contributed by atoms with Gasteiger partial charge in [0.05, 0.1) is 11.8 Å². The Morgan fingerprint density at radius 1 is 1.18 bits per heavy atom. The van der Waals surface area contributed by atoms with Gasteiger partial charge in [-0.15, -0.1) is 0 Å². The molecule has 1 N–H and O–H groups in total. The van der Waals surface area contributed by atoms with Gasteiger partial charge in [-0.3, -0.25) is 9.59 Å². The second-order valence-electron chi connectivity index (χ2n) is 6.54. The van der Waals surface area contributed by atoms with Crippen LogP contribution in [0.4, 0.5) is 0 Å². The van der Waals surface area contributed by atoms with E-state index in [0.29, 0.717) is 24.4 Å². The van der Waals surface area contributed by atoms with Crippen molar-refractivity contribution in [2.24, 2.45) is 0 Å². The molecule has 1 fully saturated rings. The minimum absolute atomic E-state index is 0.0572. The molecule has 7 heteroatoms. The first-order valence-corrected chi connectivity index (χ1v) is 10.1. The molecule has 1 aromatic carbocycles. The fourth-order valence-corrected chi connectivity index (χ4v) is 3.67. The van der Waals surface area contributed by atoms with Crippen molar-refractivity contribution in [3.8, 4) is 0 Å². The van der Waals surface area contributed by atoms with Gasteiger partial charge in [-0.2, -0.15) is 0 Å². The molecule has 28 heavy (non-hydrogen) atoms. The third-order valence-corrected chi connectivity index (χ3v) is 5.55. The Morgan fingerprint density at radius 2 is 1.86 bits per heavy atom. The Bertz CT molecular complexity index is 870. The fraction of sp³-hybridized carbons (Fsp3) is 0.333. The molecule has 0 aliphatic carbocycles. The van der Waals surface area contributed by atoms with Crippen molar-refractivity contribution in [2.75, 3.05) is 26.2 Å². The molecule has 1 atom stereocenters. The smallest absolute Gasteiger partial charge is 0.295 e. The van der Waals surface area contributed by atoms with Crippen LogP contribution in [-0.4, -0.2) is 52.8 Å². The summed E-state index contributed by atoms with van der Waals surface area (Å²) in [7, 11) is 0. The summed E-state index contributed by atoms with van der Waals surface area (Å²) in [6.07, 6.45) is 1.50. The standard InChI is InChI=1S/C21H23BrN2O4/c1-3-23(4-2)11-12-24-18(16-6-5-13-28-16)17(20(26)21(24)27)19(25)14-7-9-15(22)10-8-14/h5-10,13,18,25H,3-4,11-12H2,1-2H3/b19-17-. The number of aliphatic hydroxyl groups is 1. The van der Waals surface area contributed by atoms with Crippen LogP contribution in [0.5, 0.6) is 0 Å². The molecule has 1 aliphatic rings. The molecular formula is C21H23BrN2O4. The van der Waals surface area contributed by atoms with E-state index in [1.54, 1.807) is 36.4 Å². The number of amides is 1. The Balaban J connectivity index is 2.03. The third kappa shape index (κ3) is 3.91. The first-order valence-electron chi connectivity index (χ1n) is 9.28. The van der Waals surface area contributed by atoms with Crippen molar-refractivity contribution < 1.29 is 19.1 Å². The van der Waals surface area contributed by atoms with Gasteiger partial charge in [0.1, 0.15) is 17.6 Å². The number of likely N-dealkylation sites (N-methyl/N-ethyl adjacent to an activating group) is 1. The number of nitrogens with zero attached hydrogens (tertiary/aromatic N) is 2. The van der Waals surface area contributed by atoms with E-state index >= 15 is 0 Å². The first-order chi connectivity index (χ1) is 13.5. The van der Waals surface area contributed by atoms with E-state index in [1.807, 2.05) is 0 Å². The van der Waals surface area contributed by atoms with Crippen molar-refractivity contribution in [2.45, 2.75) is 19.9 Å². The highest BCUT2D eigenvalue weighted by atomic mass is 79.9. The number of benzene rings is 1. The zero-order valence-electron chi connectivity index (χ0n) is 15.9. The number of ketones is 1. The molecule has 1 aromatic heterocycles. The topological polar surface area (TPSA) is 74.0 Å². The predicted molar refractivity (Wildman–Crippen MR) is 110 cm³/mol. The van der Waals surface area contributed by atoms with Gasteiger partial charge in [-0.05, 0) is 37.4 Å². The fourth-order valence-electron chi connectivity index (χ4n) is 3.41. The molecule has 1 unspecified atom stereocenters. The van der Waals surface area contributed by atoms with Crippen LogP contribution in [0, 0.1) is 0 Å². The number of rotatable bonds is 7. The molecule has 1 aliphatic heterocycles. The molecule has 1 amide bonds. The lowest BCUT2D eigenvalue weighted by molar-refractivity contribution is -0.140. The van der Waals surface area contributed by atoms with E-state index in [2.05, 4.69) is 34.7 Å². The van der Waals surface area contributed by atoms with E-state index in [0.717, 1.165) is 17.6 Å². The Morgan fingerprint density at radius 3 is 2.43 bits per heavy atom. The molecular weight excluding hydrogens is 424 g/mol. The monoisotopic (exact) mass is 446 g/mol. The highest BCUT2D eigenvalue weighted by molar-refractivity contribution is 9.10. The van der Waals surface area contributed by atoms with E-state index in [4.69, 9.17) is 4.42 Å². The molecule has 6 nitrogen and oxygen atoms in total. The average molecular weight is 447 g/mol. The second kappa shape index (κ2) is 8.75. The van der Waals surface area contributed by atoms with Gasteiger partial charge in [0.25, 0.3) is 11.7 Å². The Hall–Kier alpha value is -2.38. The normalized spacial score (nSPS) is 19.0. The van der Waals surface area contributed by atoms with Gasteiger partial charge in [0.2, 0.25) is 0 Å². The molecule has 1 saturated heterocycles. The number of hydrogen-bond acceptors (Lipinski definition) is 5. The van der Waals surface area contributed by atoms with Crippen molar-refractivity contribution >= 4 is 33.4 Å². The number of carbonyl (C=O) groups excluding carboxylic acids is 2. The molecule has 2 aromatic rings. The van der Waals surface area contributed by atoms with Crippen LogP contribution in [-0.2, 0) is 9.59 Å². The number of carbonyl (C=O) groups is 2. The molecule has 148 valence electrons. The maximum absolute atomic E-state index is 12.8. The lowest BCUT2D eigenvalue weighted by Crippen LogP contribution is -2.37. The van der Waals surface area contributed by atoms with Gasteiger partial charge < -0.3 is 19.3 Å². The zero-order chi connectivity index (χ0) is 20.3. The maximum atomic E-state index is 12.8. The second-order valence-corrected chi connectivity index (χ2v) is 7.46. The van der Waals surface area contributed by atoms with Crippen LogP contribution in [0.1, 0.15) is 31.2 Å². The molecule has 2 heterocycles. The zero-order valence-corrected chi connectivity index (χ0v) is 17.5. The quantitative estimate of drug-likeness (QED) is 0.397. The van der Waals surface area contributed by atoms with Crippen molar-refractivity contribution in [3.05, 3.63) is 64.0 Å². The Labute approximate surface area is 172 Å². The Kier molecular flexibility index (Phi) is 6.36. The summed E-state index contributed by atoms with van der Waals surface area (Å²) in [6, 6.07) is 9.62. The average Bonchev–Trinajstić information content (AvgIpc) is 3.31. The van der Waals surface area contributed by atoms with E-state index in [9.17, 15) is 14.7 Å². The number of Topliss-reactive ketones (excluding diaryl/α,β-unsaturated/α-hetero) is 1. The molecule has 0 spiro atoms. The molecule has 0 radical (unpaired) electrons. The minimum Gasteiger partial charge on any atom is -0.507 e. The SMILES string of the molecule is CCN(CC)CCN1C(=O)C(=O)/C(=C(\O)c2ccc(Br)cc2)C1c1ccco1. The molecule has 0 bridgehead atoms. The van der Waals surface area contributed by atoms with Crippen molar-refractivity contribution in [1.29, 1.82) is 0 Å². The van der Waals surface area contributed by atoms with Crippen LogP contribution in [0.3, 0.4) is 0 Å². The van der Waals surface area contributed by atoms with Gasteiger partial charge in [-0.25, -0.2) is 0 Å². The van der Waals surface area contributed by atoms with Crippen LogP contribution in [0.2, 0.25) is 0 Å². The minimum atomic E-state index is -0.741.